The van der Waals surface area contributed by atoms with Crippen molar-refractivity contribution in [1.29, 1.82) is 0 Å². The molecule has 1 amide bonds. The molecule has 0 aliphatic rings. The van der Waals surface area contributed by atoms with E-state index in [9.17, 15) is 9.59 Å². The lowest BCUT2D eigenvalue weighted by Crippen LogP contribution is -2.27. The molecule has 1 atom stereocenters. The van der Waals surface area contributed by atoms with Crippen molar-refractivity contribution in [3.63, 3.8) is 0 Å². The van der Waals surface area contributed by atoms with Gasteiger partial charge in [0.25, 0.3) is 0 Å². The van der Waals surface area contributed by atoms with Crippen LogP contribution >= 0.6 is 11.3 Å². The van der Waals surface area contributed by atoms with Gasteiger partial charge in [-0.1, -0.05) is 37.3 Å². The van der Waals surface area contributed by atoms with Crippen LogP contribution in [0.25, 0.3) is 0 Å². The van der Waals surface area contributed by atoms with E-state index in [0.717, 1.165) is 11.4 Å². The summed E-state index contributed by atoms with van der Waals surface area (Å²) in [6.45, 7) is 2.02. The first kappa shape index (κ1) is 16.4. The van der Waals surface area contributed by atoms with E-state index < -0.39 is 0 Å². The maximum absolute atomic E-state index is 12.0. The van der Waals surface area contributed by atoms with Crippen molar-refractivity contribution in [2.75, 3.05) is 0 Å². The van der Waals surface area contributed by atoms with Gasteiger partial charge in [0.2, 0.25) is 5.91 Å². The first-order valence-corrected chi connectivity index (χ1v) is 8.35. The molecule has 0 bridgehead atoms. The highest BCUT2D eigenvalue weighted by Gasteiger charge is 2.15. The first-order chi connectivity index (χ1) is 10.7. The number of hydrogen-bond donors (Lipinski definition) is 1. The maximum Gasteiger partial charge on any atom is 0.220 e. The van der Waals surface area contributed by atoms with Crippen LogP contribution in [-0.4, -0.2) is 16.7 Å². The van der Waals surface area contributed by atoms with Crippen molar-refractivity contribution >= 4 is 23.0 Å². The van der Waals surface area contributed by atoms with E-state index in [1.807, 2.05) is 30.5 Å². The number of benzene rings is 1. The maximum atomic E-state index is 12.0. The van der Waals surface area contributed by atoms with Gasteiger partial charge in [-0.05, 0) is 12.8 Å². The van der Waals surface area contributed by atoms with Gasteiger partial charge in [0.1, 0.15) is 5.01 Å². The molecule has 2 rings (SSSR count). The van der Waals surface area contributed by atoms with Gasteiger partial charge in [0.15, 0.2) is 5.78 Å². The van der Waals surface area contributed by atoms with Crippen LogP contribution < -0.4 is 5.32 Å². The zero-order valence-electron chi connectivity index (χ0n) is 12.6. The summed E-state index contributed by atoms with van der Waals surface area (Å²) in [5, 5.41) is 5.81. The number of nitrogens with zero attached hydrogens (tertiary/aromatic N) is 1. The van der Waals surface area contributed by atoms with E-state index in [1.165, 1.54) is 0 Å². The summed E-state index contributed by atoms with van der Waals surface area (Å²) in [4.78, 5) is 28.2. The quantitative estimate of drug-likeness (QED) is 0.754. The average molecular weight is 316 g/mol. The predicted octanol–water partition coefficient (Wildman–Crippen LogP) is 3.76. The second-order valence-corrected chi connectivity index (χ2v) is 5.97. The Kier molecular flexibility index (Phi) is 6.27. The molecule has 0 fully saturated rings. The number of carbonyl (C=O) groups excluding carboxylic acids is 2. The Labute approximate surface area is 134 Å². The van der Waals surface area contributed by atoms with E-state index in [-0.39, 0.29) is 17.7 Å². The SMILES string of the molecule is CC[C@H](NC(=O)CCCC(=O)c1ccccc1)c1nccs1. The molecular formula is C17H20N2O2S. The Morgan fingerprint density at radius 1 is 1.23 bits per heavy atom. The minimum absolute atomic E-state index is 0.0251. The fourth-order valence-corrected chi connectivity index (χ4v) is 2.96. The molecule has 22 heavy (non-hydrogen) atoms. The number of rotatable bonds is 8. The van der Waals surface area contributed by atoms with Crippen LogP contribution in [0.4, 0.5) is 0 Å². The Balaban J connectivity index is 1.75. The van der Waals surface area contributed by atoms with Gasteiger partial charge in [-0.15, -0.1) is 11.3 Å². The molecule has 0 aliphatic carbocycles. The van der Waals surface area contributed by atoms with Gasteiger partial charge < -0.3 is 5.32 Å². The predicted molar refractivity (Wildman–Crippen MR) is 87.9 cm³/mol. The van der Waals surface area contributed by atoms with Crippen LogP contribution in [-0.2, 0) is 4.79 Å². The molecule has 116 valence electrons. The summed E-state index contributed by atoms with van der Waals surface area (Å²) in [7, 11) is 0. The Morgan fingerprint density at radius 2 is 2.00 bits per heavy atom. The van der Waals surface area contributed by atoms with Crippen LogP contribution in [0.1, 0.15) is 54.0 Å². The molecule has 1 aromatic carbocycles. The highest BCUT2D eigenvalue weighted by Crippen LogP contribution is 2.19. The average Bonchev–Trinajstić information content (AvgIpc) is 3.07. The third-order valence-corrected chi connectivity index (χ3v) is 4.29. The van der Waals surface area contributed by atoms with Crippen molar-refractivity contribution in [3.05, 3.63) is 52.5 Å². The summed E-state index contributed by atoms with van der Waals surface area (Å²) in [6, 6.07) is 9.15. The molecule has 0 aliphatic heterocycles. The molecule has 2 aromatic rings. The minimum Gasteiger partial charge on any atom is -0.347 e. The molecule has 1 N–H and O–H groups in total. The lowest BCUT2D eigenvalue weighted by atomic mass is 10.1. The molecule has 0 unspecified atom stereocenters. The molecule has 0 saturated carbocycles. The van der Waals surface area contributed by atoms with Crippen LogP contribution in [0, 0.1) is 0 Å². The van der Waals surface area contributed by atoms with Gasteiger partial charge in [-0.25, -0.2) is 4.98 Å². The second kappa shape index (κ2) is 8.44. The van der Waals surface area contributed by atoms with E-state index >= 15 is 0 Å². The second-order valence-electron chi connectivity index (χ2n) is 5.04. The van der Waals surface area contributed by atoms with E-state index in [2.05, 4.69) is 10.3 Å². The van der Waals surface area contributed by atoms with Gasteiger partial charge in [0, 0.05) is 30.0 Å². The molecular weight excluding hydrogens is 296 g/mol. The Bertz CT molecular complexity index is 596. The van der Waals surface area contributed by atoms with E-state index in [4.69, 9.17) is 0 Å². The summed E-state index contributed by atoms with van der Waals surface area (Å²) in [5.74, 6) is 0.0586. The van der Waals surface area contributed by atoms with Crippen LogP contribution in [0.15, 0.2) is 41.9 Å². The van der Waals surface area contributed by atoms with Gasteiger partial charge in [-0.3, -0.25) is 9.59 Å². The van der Waals surface area contributed by atoms with Crippen LogP contribution in [0.2, 0.25) is 0 Å². The van der Waals surface area contributed by atoms with Crippen molar-refractivity contribution < 1.29 is 9.59 Å². The van der Waals surface area contributed by atoms with Crippen LogP contribution in [0.5, 0.6) is 0 Å². The highest BCUT2D eigenvalue weighted by molar-refractivity contribution is 7.09. The normalized spacial score (nSPS) is 11.9. The van der Waals surface area contributed by atoms with Gasteiger partial charge in [-0.2, -0.15) is 0 Å². The number of aromatic nitrogens is 1. The summed E-state index contributed by atoms with van der Waals surface area (Å²) >= 11 is 1.54. The summed E-state index contributed by atoms with van der Waals surface area (Å²) in [5.41, 5.74) is 0.706. The third kappa shape index (κ3) is 4.77. The highest BCUT2D eigenvalue weighted by atomic mass is 32.1. The van der Waals surface area contributed by atoms with E-state index in [1.54, 1.807) is 29.7 Å². The number of Topliss-reactive ketones (excluding diaryl/α,β-unsaturated/α-hetero) is 1. The van der Waals surface area contributed by atoms with Crippen molar-refractivity contribution in [2.24, 2.45) is 0 Å². The topological polar surface area (TPSA) is 59.1 Å². The monoisotopic (exact) mass is 316 g/mol. The molecule has 0 spiro atoms. The Morgan fingerprint density at radius 3 is 2.64 bits per heavy atom. The largest absolute Gasteiger partial charge is 0.347 e. The van der Waals surface area contributed by atoms with Gasteiger partial charge in [0.05, 0.1) is 6.04 Å². The van der Waals surface area contributed by atoms with Gasteiger partial charge >= 0.3 is 0 Å². The molecule has 5 heteroatoms. The number of hydrogen-bond acceptors (Lipinski definition) is 4. The fraction of sp³-hybridized carbons (Fsp3) is 0.353. The van der Waals surface area contributed by atoms with E-state index in [0.29, 0.717) is 24.8 Å². The smallest absolute Gasteiger partial charge is 0.220 e. The number of thiazole rings is 1. The standard InChI is InChI=1S/C17H20N2O2S/c1-2-14(17-18-11-12-22-17)19-16(21)10-6-9-15(20)13-7-4-3-5-8-13/h3-5,7-8,11-12,14H,2,6,9-10H2,1H3,(H,19,21)/t14-/m0/s1. The summed E-state index contributed by atoms with van der Waals surface area (Å²) in [6.07, 6.45) is 3.87. The third-order valence-electron chi connectivity index (χ3n) is 3.40. The molecule has 1 aromatic heterocycles. The van der Waals surface area contributed by atoms with Crippen molar-refractivity contribution in [1.82, 2.24) is 10.3 Å². The van der Waals surface area contributed by atoms with Crippen molar-refractivity contribution in [2.45, 2.75) is 38.6 Å². The molecule has 1 heterocycles. The number of amides is 1. The van der Waals surface area contributed by atoms with Crippen molar-refractivity contribution in [3.8, 4) is 0 Å². The lowest BCUT2D eigenvalue weighted by molar-refractivity contribution is -0.121. The van der Waals surface area contributed by atoms with Crippen LogP contribution in [0.3, 0.4) is 0 Å². The Hall–Kier alpha value is -2.01. The molecule has 4 nitrogen and oxygen atoms in total. The number of nitrogens with one attached hydrogen (secondary N) is 1. The lowest BCUT2D eigenvalue weighted by Gasteiger charge is -2.14. The first-order valence-electron chi connectivity index (χ1n) is 7.47. The fourth-order valence-electron chi connectivity index (χ4n) is 2.19. The molecule has 0 saturated heterocycles. The number of carbonyl (C=O) groups is 2. The molecule has 0 radical (unpaired) electrons. The minimum atomic E-state index is -0.0303. The number of ketones is 1. The summed E-state index contributed by atoms with van der Waals surface area (Å²) < 4.78 is 0. The zero-order valence-corrected chi connectivity index (χ0v) is 13.4. The zero-order chi connectivity index (χ0) is 15.8.